The molecule has 26 N–H and O–H groups in total. The molecular weight excluding hydrogens is 1540 g/mol. The van der Waals surface area contributed by atoms with Crippen LogP contribution < -0.4 is 11.1 Å². The van der Waals surface area contributed by atoms with Crippen LogP contribution in [-0.4, -0.2) is 315 Å². The molecule has 0 aliphatic carbocycles. The number of hydrogen-bond acceptors (Lipinski definition) is 22. The predicted octanol–water partition coefficient (Wildman–Crippen LogP) is 7.83. The third-order valence-electron chi connectivity index (χ3n) is 17.4. The second-order valence-electron chi connectivity index (χ2n) is 27.0. The average molecular weight is 1640 g/mol. The van der Waals surface area contributed by atoms with Gasteiger partial charge in [0, 0.05) is 98.0 Å². The van der Waals surface area contributed by atoms with E-state index in [4.69, 9.17) is 22.0 Å². The molecule has 41 nitrogen and oxygen atoms in total. The number of aliphatic imine (C=N–C) groups is 13. The van der Waals surface area contributed by atoms with E-state index >= 15 is 0 Å². The smallest absolute Gasteiger partial charge is 0.306 e. The molecule has 1 aliphatic rings. The number of para-hydroxylation sites is 1. The lowest BCUT2D eigenvalue weighted by Gasteiger charge is -2.22. The summed E-state index contributed by atoms with van der Waals surface area (Å²) in [5.41, 5.74) is 7.76. The van der Waals surface area contributed by atoms with Crippen molar-refractivity contribution in [2.75, 3.05) is 24.6 Å². The number of carboxylic acid groups (broad SMARTS) is 1. The highest BCUT2D eigenvalue weighted by Gasteiger charge is 2.34. The molecule has 43 heteroatoms. The molecule has 0 fully saturated rings. The molecule has 0 amide bonds. The van der Waals surface area contributed by atoms with E-state index in [1.807, 2.05) is 0 Å². The van der Waals surface area contributed by atoms with Crippen molar-refractivity contribution in [1.29, 1.82) is 16.2 Å². The number of imidazole rings is 2. The first-order valence-corrected chi connectivity index (χ1v) is 38.8. The van der Waals surface area contributed by atoms with Crippen LogP contribution >= 0.6 is 21.6 Å². The van der Waals surface area contributed by atoms with Gasteiger partial charge >= 0.3 is 5.97 Å². The van der Waals surface area contributed by atoms with Crippen LogP contribution in [0.5, 0.6) is 0 Å². The normalized spacial score (nSPS) is 23.1. The van der Waals surface area contributed by atoms with E-state index in [1.54, 1.807) is 88.5 Å². The summed E-state index contributed by atoms with van der Waals surface area (Å²) in [5, 5.41) is 223. The Morgan fingerprint density at radius 1 is 0.609 bits per heavy atom. The summed E-state index contributed by atoms with van der Waals surface area (Å²) in [6.07, 6.45) is 2.04. The zero-order valence-electron chi connectivity index (χ0n) is 63.8. The predicted molar refractivity (Wildman–Crippen MR) is 446 cm³/mol. The van der Waals surface area contributed by atoms with Gasteiger partial charge < -0.3 is 113 Å². The van der Waals surface area contributed by atoms with Crippen molar-refractivity contribution in [3.63, 3.8) is 0 Å². The minimum Gasteiger partial charge on any atom is -0.497 e. The van der Waals surface area contributed by atoms with Crippen LogP contribution in [0, 0.1) is 28.1 Å². The van der Waals surface area contributed by atoms with Gasteiger partial charge in [-0.25, -0.2) is 74.9 Å². The van der Waals surface area contributed by atoms with E-state index in [0.717, 1.165) is 28.5 Å². The molecule has 14 unspecified atom stereocenters. The van der Waals surface area contributed by atoms with E-state index in [-0.39, 0.29) is 50.8 Å². The molecule has 115 heavy (non-hydrogen) atoms. The van der Waals surface area contributed by atoms with E-state index in [1.165, 1.54) is 32.0 Å². The minimum absolute atomic E-state index is 0.0197. The number of aliphatic hydroxyl groups is 16. The van der Waals surface area contributed by atoms with E-state index in [9.17, 15) is 91.6 Å². The van der Waals surface area contributed by atoms with Crippen LogP contribution in [-0.2, 0) is 30.5 Å². The number of benzene rings is 2. The Morgan fingerprint density at radius 2 is 1.15 bits per heavy atom. The maximum absolute atomic E-state index is 12.7. The van der Waals surface area contributed by atoms with Crippen molar-refractivity contribution in [2.45, 2.75) is 184 Å². The maximum atomic E-state index is 12.7. The van der Waals surface area contributed by atoms with Crippen molar-refractivity contribution in [1.82, 2.24) is 30.2 Å². The van der Waals surface area contributed by atoms with Gasteiger partial charge in [-0.2, -0.15) is 0 Å². The summed E-state index contributed by atoms with van der Waals surface area (Å²) < 4.78 is 0. The molecular formula is C72H101N23O18S2. The highest BCUT2D eigenvalue weighted by atomic mass is 33.1. The average Bonchev–Trinajstić information content (AvgIpc) is 1.72. The molecule has 624 valence electrons. The van der Waals surface area contributed by atoms with Crippen LogP contribution in [0.1, 0.15) is 103 Å². The number of carboxylic acids is 1. The summed E-state index contributed by atoms with van der Waals surface area (Å²) in [7, 11) is 1.74. The molecule has 0 bridgehead atoms. The number of aliphatic hydroxyl groups excluding tert-OH is 16. The number of aromatic amines is 3. The lowest BCUT2D eigenvalue weighted by Crippen LogP contribution is -2.35. The first-order valence-electron chi connectivity index (χ1n) is 36.3. The van der Waals surface area contributed by atoms with Gasteiger partial charge in [0.25, 0.3) is 0 Å². The highest BCUT2D eigenvalue weighted by molar-refractivity contribution is 8.76. The second-order valence-corrected chi connectivity index (χ2v) is 29.5. The molecule has 6 rings (SSSR count). The van der Waals surface area contributed by atoms with E-state index in [2.05, 4.69) is 95.1 Å². The molecule has 1 aliphatic heterocycles. The fourth-order valence-electron chi connectivity index (χ4n) is 11.2. The number of aliphatic carboxylic acids is 1. The summed E-state index contributed by atoms with van der Waals surface area (Å²) in [6, 6.07) is -4.67. The Morgan fingerprint density at radius 3 is 1.71 bits per heavy atom. The Balaban J connectivity index is 1.67. The van der Waals surface area contributed by atoms with Gasteiger partial charge in [0.1, 0.15) is 73.0 Å². The molecule has 0 saturated carbocycles. The summed E-state index contributed by atoms with van der Waals surface area (Å²) >= 11 is 0. The summed E-state index contributed by atoms with van der Waals surface area (Å²) in [4.78, 5) is 85.5. The van der Waals surface area contributed by atoms with E-state index < -0.39 is 222 Å². The Bertz CT molecular complexity index is 4440. The fraction of sp³-hybridized carbons (Fsp3) is 0.486. The van der Waals surface area contributed by atoms with Gasteiger partial charge in [0.05, 0.1) is 25.2 Å². The lowest BCUT2D eigenvalue weighted by molar-refractivity contribution is -0.137. The zero-order valence-corrected chi connectivity index (χ0v) is 65.4. The Kier molecular flexibility index (Phi) is 36.3. The van der Waals surface area contributed by atoms with Crippen LogP contribution in [0.25, 0.3) is 10.9 Å². The Hall–Kier alpha value is -12.2. The largest absolute Gasteiger partial charge is 0.497 e. The van der Waals surface area contributed by atoms with Crippen LogP contribution in [0.2, 0.25) is 0 Å². The van der Waals surface area contributed by atoms with Gasteiger partial charge in [-0.3, -0.25) is 21.0 Å². The van der Waals surface area contributed by atoms with Gasteiger partial charge in [0.15, 0.2) is 23.8 Å². The number of nitrogens with zero attached hydrogens (tertiary/aromatic N) is 15. The number of hydrogen-bond donors (Lipinski definition) is 25. The van der Waals surface area contributed by atoms with Gasteiger partial charge in [-0.15, -0.1) is 0 Å². The molecule has 0 radical (unpaired) electrons. The second kappa shape index (κ2) is 45.5. The van der Waals surface area contributed by atoms with Crippen molar-refractivity contribution in [2.24, 2.45) is 82.5 Å². The first kappa shape index (κ1) is 91.7. The standard InChI is InChI=1S/C72H101N23O18S2/c1-7-36(4)58(84-38(6)97)71(113)93-53-32-115-114-31-52(69(111)95-59(37(5)96)60(74)102)92-62(104)45(18-13-21-79-72(75)76)86-66(108)50(25-42-29-78-34-83-42)89-65(107)49(24-41-28-77-33-82-41)85-55(99)30-81-61(103)48(23-40-27-80-44-17-12-11-16-43(40)44)88-67(109)51(26-56(100)101)90-63(105)46(19-20-54(73)98)87-64(106)47(22-39-14-9-8-10-15-39)91-70(112)57(35(2)3)94-68(53)110/h8-12,14-17,27-29,33-37,45-53,57-59,80,96H,7,13,18-26,30-32H2,1-6H3,(H2,73,98)(H2,74,102)(H,77,82)(H,78,83)(H,81,103)(H,84,97)(H,85,99)(H,86,108)(H,87,106)(H,88,109)(H,89,107)(H,90,105)(H,91,112)(H,92,104)(H,93,113)(H,94,110)(H,95,111)(H,100,101)(H4,75,76,79). The number of aromatic nitrogens is 5. The summed E-state index contributed by atoms with van der Waals surface area (Å²) in [5.74, 6) is -17.7. The molecule has 3 aromatic heterocycles. The molecule has 14 atom stereocenters. The van der Waals surface area contributed by atoms with Gasteiger partial charge in [-0.1, -0.05) is 104 Å². The molecule has 4 heterocycles. The van der Waals surface area contributed by atoms with Crippen LogP contribution in [0.3, 0.4) is 0 Å². The molecule has 2 aromatic carbocycles. The fourth-order valence-corrected chi connectivity index (χ4v) is 13.4. The highest BCUT2D eigenvalue weighted by Crippen LogP contribution is 2.28. The van der Waals surface area contributed by atoms with Crippen molar-refractivity contribution in [3.8, 4) is 0 Å². The number of fused-ring (bicyclic) bond motifs is 1. The number of guanidine groups is 1. The van der Waals surface area contributed by atoms with Crippen molar-refractivity contribution in [3.05, 3.63) is 108 Å². The first-order chi connectivity index (χ1) is 54.6. The van der Waals surface area contributed by atoms with Crippen LogP contribution in [0.15, 0.2) is 151 Å². The number of rotatable bonds is 27. The third kappa shape index (κ3) is 30.0. The molecule has 0 spiro atoms. The van der Waals surface area contributed by atoms with Gasteiger partial charge in [0.2, 0.25) is 76.7 Å². The maximum Gasteiger partial charge on any atom is 0.306 e. The van der Waals surface area contributed by atoms with Gasteiger partial charge in [-0.05, 0) is 55.2 Å². The number of nitrogens with two attached hydrogens (primary N) is 1. The molecule has 5 aromatic rings. The topological polar surface area (TPSA) is 704 Å². The van der Waals surface area contributed by atoms with Crippen LogP contribution in [0.4, 0.5) is 0 Å². The van der Waals surface area contributed by atoms with E-state index in [0.29, 0.717) is 39.8 Å². The molecule has 0 saturated heterocycles. The Labute approximate surface area is 667 Å². The number of carbonyl (C=O) groups is 1. The van der Waals surface area contributed by atoms with Crippen molar-refractivity contribution >= 4 is 133 Å². The lowest BCUT2D eigenvalue weighted by atomic mass is 9.99. The number of nitrogens with one attached hydrogen (secondary N) is 7. The SMILES string of the molecule is CCC(C)C(N=C(C)O)C(O)=NC1CSSCC(C(O)=NC(C(=N)O)C(C)O)N=C(O)C(CCCNC(=N)N)N=C(O)C(Cc2cnc[nH]2)N=C(O)C(Cc2cnc[nH]2)N=C(O)CN=C(O)C(Cc2c[nH]c3ccccc23)N=C(O)C(CC(=O)O)N=C(O)C(CCC(=N)O)N=C(O)C(Cc2ccccc2)N=C(O)C(C(C)C)N=C1O. The quantitative estimate of drug-likeness (QED) is 0.0103. The zero-order chi connectivity index (χ0) is 84.6. The number of H-pyrrole nitrogens is 3. The minimum atomic E-state index is -2.04. The summed E-state index contributed by atoms with van der Waals surface area (Å²) in [6.45, 7) is 8.14. The van der Waals surface area contributed by atoms with Crippen molar-refractivity contribution < 1.29 is 91.6 Å². The third-order valence-corrected chi connectivity index (χ3v) is 19.8. The monoisotopic (exact) mass is 1640 g/mol.